The Morgan fingerprint density at radius 3 is 0.853 bits per heavy atom. The van der Waals surface area contributed by atoms with E-state index in [4.69, 9.17) is 0 Å². The lowest BCUT2D eigenvalue weighted by Gasteiger charge is -2.29. The van der Waals surface area contributed by atoms with Crippen LogP contribution in [0.5, 0.6) is 23.0 Å². The predicted molar refractivity (Wildman–Crippen MR) is 144 cm³/mol. The van der Waals surface area contributed by atoms with E-state index >= 15 is 0 Å². The van der Waals surface area contributed by atoms with Gasteiger partial charge in [-0.1, -0.05) is 83.1 Å². The molecule has 0 fully saturated rings. The molecule has 2 rings (SSSR count). The molecule has 0 aliphatic carbocycles. The lowest BCUT2D eigenvalue weighted by molar-refractivity contribution is 0.400. The van der Waals surface area contributed by atoms with Crippen LogP contribution in [0.2, 0.25) is 0 Å². The summed E-state index contributed by atoms with van der Waals surface area (Å²) >= 11 is 0. The number of phenolic OH excluding ortho intramolecular Hbond substituents is 4. The Morgan fingerprint density at radius 2 is 0.647 bits per heavy atom. The molecule has 0 unspecified atom stereocenters. The lowest BCUT2D eigenvalue weighted by Crippen LogP contribution is -2.19. The van der Waals surface area contributed by atoms with Gasteiger partial charge in [0.25, 0.3) is 0 Å². The third-order valence-electron chi connectivity index (χ3n) is 7.07. The van der Waals surface area contributed by atoms with Crippen LogP contribution in [0, 0.1) is 0 Å². The highest BCUT2D eigenvalue weighted by atomic mass is 16.3. The van der Waals surface area contributed by atoms with E-state index < -0.39 is 0 Å². The van der Waals surface area contributed by atoms with E-state index in [0.717, 1.165) is 35.1 Å². The molecular weight excluding hydrogens is 424 g/mol. The van der Waals surface area contributed by atoms with Crippen LogP contribution in [0.1, 0.15) is 118 Å². The number of rotatable bonds is 4. The van der Waals surface area contributed by atoms with Gasteiger partial charge in [0.15, 0.2) is 0 Å². The number of hydrogen-bond acceptors (Lipinski definition) is 4. The van der Waals surface area contributed by atoms with Gasteiger partial charge in [-0.3, -0.25) is 0 Å². The van der Waals surface area contributed by atoms with Crippen molar-refractivity contribution in [1.29, 1.82) is 0 Å². The Bertz CT molecular complexity index is 905. The Labute approximate surface area is 207 Å². The summed E-state index contributed by atoms with van der Waals surface area (Å²) in [5, 5.41) is 40.5. The first kappa shape index (κ1) is 29.7. The SMILES string of the molecule is CC(C)(C)c1cc(O)c(C(C)(C)C)cc1O.CCC(C)(C)c1cc(O)c(C(C)(C)CC)cc1O. The highest BCUT2D eigenvalue weighted by Crippen LogP contribution is 2.42. The molecule has 4 nitrogen and oxygen atoms in total. The molecular formula is C30H48O4. The number of aromatic hydroxyl groups is 4. The second-order valence-electron chi connectivity index (χ2n) is 12.7. The molecule has 0 radical (unpaired) electrons. The van der Waals surface area contributed by atoms with Crippen molar-refractivity contribution in [2.24, 2.45) is 0 Å². The van der Waals surface area contributed by atoms with Crippen LogP contribution in [-0.2, 0) is 21.7 Å². The van der Waals surface area contributed by atoms with E-state index in [9.17, 15) is 20.4 Å². The average Bonchev–Trinajstić information content (AvgIpc) is 2.69. The summed E-state index contributed by atoms with van der Waals surface area (Å²) in [4.78, 5) is 0. The van der Waals surface area contributed by atoms with Crippen LogP contribution in [0.25, 0.3) is 0 Å². The van der Waals surface area contributed by atoms with E-state index in [1.165, 1.54) is 0 Å². The van der Waals surface area contributed by atoms with Crippen molar-refractivity contribution < 1.29 is 20.4 Å². The number of hydrogen-bond donors (Lipinski definition) is 4. The zero-order chi connectivity index (χ0) is 26.9. The minimum Gasteiger partial charge on any atom is -0.508 e. The number of phenols is 4. The first-order valence-electron chi connectivity index (χ1n) is 12.3. The van der Waals surface area contributed by atoms with Gasteiger partial charge < -0.3 is 20.4 Å². The fraction of sp³-hybridized carbons (Fsp3) is 0.600. The van der Waals surface area contributed by atoms with Crippen LogP contribution in [-0.4, -0.2) is 20.4 Å². The summed E-state index contributed by atoms with van der Waals surface area (Å²) in [5.41, 5.74) is 2.59. The van der Waals surface area contributed by atoms with Crippen LogP contribution in [0.15, 0.2) is 24.3 Å². The first-order chi connectivity index (χ1) is 15.2. The topological polar surface area (TPSA) is 80.9 Å². The molecule has 0 aliphatic rings. The zero-order valence-corrected chi connectivity index (χ0v) is 23.5. The molecule has 0 amide bonds. The van der Waals surface area contributed by atoms with Crippen LogP contribution in [0.4, 0.5) is 0 Å². The van der Waals surface area contributed by atoms with Gasteiger partial charge >= 0.3 is 0 Å². The smallest absolute Gasteiger partial charge is 0.119 e. The highest BCUT2D eigenvalue weighted by molar-refractivity contribution is 5.51. The largest absolute Gasteiger partial charge is 0.508 e. The third-order valence-corrected chi connectivity index (χ3v) is 7.07. The normalized spacial score (nSPS) is 12.8. The van der Waals surface area contributed by atoms with Crippen molar-refractivity contribution in [3.05, 3.63) is 46.5 Å². The van der Waals surface area contributed by atoms with Crippen molar-refractivity contribution in [3.8, 4) is 23.0 Å². The Balaban J connectivity index is 0.000000342. The predicted octanol–water partition coefficient (Wildman–Crippen LogP) is 8.17. The molecule has 0 saturated carbocycles. The molecule has 0 saturated heterocycles. The molecule has 0 spiro atoms. The molecule has 2 aromatic rings. The fourth-order valence-electron chi connectivity index (χ4n) is 3.82. The van der Waals surface area contributed by atoms with Gasteiger partial charge in [0, 0.05) is 22.3 Å². The van der Waals surface area contributed by atoms with Crippen molar-refractivity contribution in [3.63, 3.8) is 0 Å². The Morgan fingerprint density at radius 1 is 0.441 bits per heavy atom. The van der Waals surface area contributed by atoms with E-state index in [0.29, 0.717) is 0 Å². The molecule has 0 heterocycles. The van der Waals surface area contributed by atoms with Crippen LogP contribution in [0.3, 0.4) is 0 Å². The van der Waals surface area contributed by atoms with Crippen LogP contribution < -0.4 is 0 Å². The Hall–Kier alpha value is -2.36. The maximum atomic E-state index is 10.2. The van der Waals surface area contributed by atoms with Crippen molar-refractivity contribution in [1.82, 2.24) is 0 Å². The van der Waals surface area contributed by atoms with Crippen molar-refractivity contribution in [2.75, 3.05) is 0 Å². The minimum atomic E-state index is -0.169. The first-order valence-corrected chi connectivity index (χ1v) is 12.3. The summed E-state index contributed by atoms with van der Waals surface area (Å²) < 4.78 is 0. The van der Waals surface area contributed by atoms with Crippen molar-refractivity contribution in [2.45, 2.75) is 118 Å². The maximum Gasteiger partial charge on any atom is 0.119 e. The molecule has 192 valence electrons. The monoisotopic (exact) mass is 472 g/mol. The van der Waals surface area contributed by atoms with Gasteiger partial charge in [-0.2, -0.15) is 0 Å². The second-order valence-corrected chi connectivity index (χ2v) is 12.7. The fourth-order valence-corrected chi connectivity index (χ4v) is 3.82. The molecule has 2 aromatic carbocycles. The van der Waals surface area contributed by atoms with Gasteiger partial charge in [-0.25, -0.2) is 0 Å². The summed E-state index contributed by atoms with van der Waals surface area (Å²) in [6.07, 6.45) is 1.83. The number of benzene rings is 2. The molecule has 0 aromatic heterocycles. The molecule has 34 heavy (non-hydrogen) atoms. The molecule has 0 aliphatic heterocycles. The maximum absolute atomic E-state index is 10.2. The second kappa shape index (κ2) is 10.1. The van der Waals surface area contributed by atoms with E-state index in [-0.39, 0.29) is 44.7 Å². The average molecular weight is 473 g/mol. The Kier molecular flexibility index (Phi) is 8.81. The van der Waals surface area contributed by atoms with Gasteiger partial charge in [-0.05, 0) is 58.8 Å². The van der Waals surface area contributed by atoms with Gasteiger partial charge in [0.1, 0.15) is 23.0 Å². The van der Waals surface area contributed by atoms with E-state index in [1.807, 2.05) is 41.5 Å². The van der Waals surface area contributed by atoms with Gasteiger partial charge in [-0.15, -0.1) is 0 Å². The van der Waals surface area contributed by atoms with E-state index in [1.54, 1.807) is 24.3 Å². The quantitative estimate of drug-likeness (QED) is 0.338. The standard InChI is InChI=1S/C16H26O2.C14H22O2/c1-7-15(3,4)11-9-14(18)12(10-13(11)17)16(5,6)8-2;1-13(2,3)9-7-12(16)10(8-11(9)15)14(4,5)6/h9-10,17-18H,7-8H2,1-6H3;7-8,15-16H,1-6H3. The van der Waals surface area contributed by atoms with Gasteiger partial charge in [0.05, 0.1) is 0 Å². The summed E-state index contributed by atoms with van der Waals surface area (Å²) in [6.45, 7) is 24.5. The zero-order valence-electron chi connectivity index (χ0n) is 23.5. The van der Waals surface area contributed by atoms with E-state index in [2.05, 4.69) is 41.5 Å². The summed E-state index contributed by atoms with van der Waals surface area (Å²) in [6, 6.07) is 6.81. The molecule has 0 atom stereocenters. The van der Waals surface area contributed by atoms with Crippen LogP contribution >= 0.6 is 0 Å². The lowest BCUT2D eigenvalue weighted by atomic mass is 9.77. The minimum absolute atomic E-state index is 0.129. The molecule has 4 N–H and O–H groups in total. The van der Waals surface area contributed by atoms with Crippen molar-refractivity contribution >= 4 is 0 Å². The summed E-state index contributed by atoms with van der Waals surface area (Å²) in [5.74, 6) is 1.10. The molecule has 0 bridgehead atoms. The molecule has 4 heteroatoms. The third kappa shape index (κ3) is 6.84. The van der Waals surface area contributed by atoms with Gasteiger partial charge in [0.2, 0.25) is 0 Å². The summed E-state index contributed by atoms with van der Waals surface area (Å²) in [7, 11) is 0. The highest BCUT2D eigenvalue weighted by Gasteiger charge is 2.28.